The summed E-state index contributed by atoms with van der Waals surface area (Å²) in [7, 11) is 0. The Labute approximate surface area is 94.8 Å². The molecule has 1 aromatic heterocycles. The van der Waals surface area contributed by atoms with Crippen molar-refractivity contribution in [1.29, 1.82) is 0 Å². The van der Waals surface area contributed by atoms with Crippen molar-refractivity contribution < 1.29 is 14.3 Å². The fraction of sp³-hybridized carbons (Fsp3) is 0.462. The second kappa shape index (κ2) is 3.51. The lowest BCUT2D eigenvalue weighted by atomic mass is 10.0. The van der Waals surface area contributed by atoms with Gasteiger partial charge in [0.2, 0.25) is 0 Å². The van der Waals surface area contributed by atoms with Crippen LogP contribution in [0.3, 0.4) is 0 Å². The Kier molecular flexibility index (Phi) is 2.41. The standard InChI is InChI=1S/C13H16O3/c1-8(7-9-5-4-6-16-9)10-11(12(14)15)13(10,2)3/h4-7,10-11H,1-3H3,(H,14,15)/b8-7-. The number of rotatable bonds is 3. The Morgan fingerprint density at radius 3 is 2.62 bits per heavy atom. The molecule has 3 nitrogen and oxygen atoms in total. The zero-order chi connectivity index (χ0) is 11.9. The topological polar surface area (TPSA) is 50.4 Å². The molecule has 1 saturated carbocycles. The van der Waals surface area contributed by atoms with Gasteiger partial charge in [-0.15, -0.1) is 0 Å². The third-order valence-corrected chi connectivity index (χ3v) is 3.50. The molecular weight excluding hydrogens is 204 g/mol. The van der Waals surface area contributed by atoms with E-state index in [2.05, 4.69) is 0 Å². The van der Waals surface area contributed by atoms with E-state index < -0.39 is 5.97 Å². The van der Waals surface area contributed by atoms with Crippen LogP contribution in [0, 0.1) is 17.3 Å². The highest BCUT2D eigenvalue weighted by Crippen LogP contribution is 2.61. The molecule has 2 rings (SSSR count). The number of furan rings is 1. The van der Waals surface area contributed by atoms with E-state index in [1.54, 1.807) is 6.26 Å². The number of carboxylic acid groups (broad SMARTS) is 1. The summed E-state index contributed by atoms with van der Waals surface area (Å²) in [5.41, 5.74) is 0.936. The van der Waals surface area contributed by atoms with Gasteiger partial charge in [-0.3, -0.25) is 4.79 Å². The molecule has 1 aliphatic carbocycles. The van der Waals surface area contributed by atoms with Crippen molar-refractivity contribution in [3.05, 3.63) is 29.7 Å². The minimum absolute atomic E-state index is 0.120. The molecule has 0 radical (unpaired) electrons. The number of allylic oxidation sites excluding steroid dienone is 1. The van der Waals surface area contributed by atoms with Crippen LogP contribution in [0.5, 0.6) is 0 Å². The molecule has 0 bridgehead atoms. The highest BCUT2D eigenvalue weighted by atomic mass is 16.4. The van der Waals surface area contributed by atoms with Gasteiger partial charge in [0, 0.05) is 0 Å². The number of aliphatic carboxylic acids is 1. The maximum absolute atomic E-state index is 11.0. The first-order valence-corrected chi connectivity index (χ1v) is 5.39. The zero-order valence-corrected chi connectivity index (χ0v) is 9.73. The molecule has 2 unspecified atom stereocenters. The normalized spacial score (nSPS) is 27.8. The third kappa shape index (κ3) is 1.66. The van der Waals surface area contributed by atoms with Crippen LogP contribution in [0.1, 0.15) is 26.5 Å². The van der Waals surface area contributed by atoms with Crippen LogP contribution in [-0.4, -0.2) is 11.1 Å². The van der Waals surface area contributed by atoms with E-state index >= 15 is 0 Å². The summed E-state index contributed by atoms with van der Waals surface area (Å²) in [6, 6.07) is 3.69. The van der Waals surface area contributed by atoms with Gasteiger partial charge >= 0.3 is 5.97 Å². The predicted molar refractivity (Wildman–Crippen MR) is 60.8 cm³/mol. The van der Waals surface area contributed by atoms with Crippen LogP contribution < -0.4 is 0 Å². The van der Waals surface area contributed by atoms with Gasteiger partial charge in [0.05, 0.1) is 12.2 Å². The van der Waals surface area contributed by atoms with Gasteiger partial charge in [0.25, 0.3) is 0 Å². The predicted octanol–water partition coefficient (Wildman–Crippen LogP) is 3.04. The van der Waals surface area contributed by atoms with E-state index in [9.17, 15) is 4.79 Å². The highest BCUT2D eigenvalue weighted by Gasteiger charge is 2.62. The molecule has 0 amide bonds. The summed E-state index contributed by atoms with van der Waals surface area (Å²) < 4.78 is 5.22. The summed E-state index contributed by atoms with van der Waals surface area (Å²) in [6.45, 7) is 5.96. The van der Waals surface area contributed by atoms with Crippen molar-refractivity contribution >= 4 is 12.0 Å². The zero-order valence-electron chi connectivity index (χ0n) is 9.73. The van der Waals surface area contributed by atoms with Gasteiger partial charge < -0.3 is 9.52 Å². The molecule has 3 heteroatoms. The average molecular weight is 220 g/mol. The minimum Gasteiger partial charge on any atom is -0.481 e. The van der Waals surface area contributed by atoms with Crippen LogP contribution in [0.4, 0.5) is 0 Å². The van der Waals surface area contributed by atoms with Crippen molar-refractivity contribution in [2.45, 2.75) is 20.8 Å². The monoisotopic (exact) mass is 220 g/mol. The van der Waals surface area contributed by atoms with Crippen LogP contribution in [0.2, 0.25) is 0 Å². The number of carboxylic acids is 1. The molecule has 0 spiro atoms. The van der Waals surface area contributed by atoms with Gasteiger partial charge in [-0.25, -0.2) is 0 Å². The molecule has 2 atom stereocenters. The third-order valence-electron chi connectivity index (χ3n) is 3.50. The molecule has 1 aromatic rings. The lowest BCUT2D eigenvalue weighted by molar-refractivity contribution is -0.139. The second-order valence-corrected chi connectivity index (χ2v) is 5.02. The molecule has 1 fully saturated rings. The lowest BCUT2D eigenvalue weighted by Crippen LogP contribution is -2.03. The Hall–Kier alpha value is -1.51. The SMILES string of the molecule is C/C(=C/c1ccco1)C1C(C(=O)O)C1(C)C. The minimum atomic E-state index is -0.706. The Balaban J connectivity index is 2.19. The first kappa shape index (κ1) is 11.0. The van der Waals surface area contributed by atoms with Gasteiger partial charge in [-0.1, -0.05) is 19.4 Å². The summed E-state index contributed by atoms with van der Waals surface area (Å²) in [4.78, 5) is 11.0. The molecular formula is C13H16O3. The molecule has 0 aromatic carbocycles. The molecule has 1 N–H and O–H groups in total. The highest BCUT2D eigenvalue weighted by molar-refractivity contribution is 5.77. The number of carbonyl (C=O) groups is 1. The quantitative estimate of drug-likeness (QED) is 0.851. The van der Waals surface area contributed by atoms with Crippen LogP contribution in [0.25, 0.3) is 6.08 Å². The van der Waals surface area contributed by atoms with Crippen molar-refractivity contribution in [3.8, 4) is 0 Å². The van der Waals surface area contributed by atoms with E-state index in [1.807, 2.05) is 39.0 Å². The van der Waals surface area contributed by atoms with Gasteiger partial charge in [0.15, 0.2) is 0 Å². The second-order valence-electron chi connectivity index (χ2n) is 5.02. The largest absolute Gasteiger partial charge is 0.481 e. The Bertz CT molecular complexity index is 426. The molecule has 1 heterocycles. The lowest BCUT2D eigenvalue weighted by Gasteiger charge is -2.01. The van der Waals surface area contributed by atoms with Gasteiger partial charge in [-0.05, 0) is 36.5 Å². The molecule has 16 heavy (non-hydrogen) atoms. The van der Waals surface area contributed by atoms with Crippen molar-refractivity contribution in [3.63, 3.8) is 0 Å². The fourth-order valence-corrected chi connectivity index (χ4v) is 2.64. The first-order valence-electron chi connectivity index (χ1n) is 5.39. The van der Waals surface area contributed by atoms with E-state index in [1.165, 1.54) is 0 Å². The summed E-state index contributed by atoms with van der Waals surface area (Å²) in [5, 5.41) is 9.08. The molecule has 86 valence electrons. The van der Waals surface area contributed by atoms with Gasteiger partial charge in [-0.2, -0.15) is 0 Å². The fourth-order valence-electron chi connectivity index (χ4n) is 2.64. The smallest absolute Gasteiger partial charge is 0.307 e. The maximum atomic E-state index is 11.0. The molecule has 1 aliphatic rings. The first-order chi connectivity index (χ1) is 7.44. The van der Waals surface area contributed by atoms with Crippen molar-refractivity contribution in [1.82, 2.24) is 0 Å². The van der Waals surface area contributed by atoms with E-state index in [0.717, 1.165) is 11.3 Å². The van der Waals surface area contributed by atoms with Crippen LogP contribution in [-0.2, 0) is 4.79 Å². The van der Waals surface area contributed by atoms with Crippen molar-refractivity contribution in [2.24, 2.45) is 17.3 Å². The van der Waals surface area contributed by atoms with E-state index in [0.29, 0.717) is 0 Å². The van der Waals surface area contributed by atoms with Gasteiger partial charge in [0.1, 0.15) is 5.76 Å². The molecule has 0 saturated heterocycles. The van der Waals surface area contributed by atoms with E-state index in [-0.39, 0.29) is 17.3 Å². The maximum Gasteiger partial charge on any atom is 0.307 e. The number of hydrogen-bond acceptors (Lipinski definition) is 2. The van der Waals surface area contributed by atoms with E-state index in [4.69, 9.17) is 9.52 Å². The van der Waals surface area contributed by atoms with Crippen LogP contribution >= 0.6 is 0 Å². The summed E-state index contributed by atoms with van der Waals surface area (Å²) in [6.07, 6.45) is 3.54. The Morgan fingerprint density at radius 2 is 2.19 bits per heavy atom. The Morgan fingerprint density at radius 1 is 1.50 bits per heavy atom. The average Bonchev–Trinajstić information content (AvgIpc) is 2.58. The number of hydrogen-bond donors (Lipinski definition) is 1. The van der Waals surface area contributed by atoms with Crippen LogP contribution in [0.15, 0.2) is 28.4 Å². The molecule has 0 aliphatic heterocycles. The summed E-state index contributed by atoms with van der Waals surface area (Å²) in [5.74, 6) is -0.0691. The summed E-state index contributed by atoms with van der Waals surface area (Å²) >= 11 is 0. The van der Waals surface area contributed by atoms with Crippen molar-refractivity contribution in [2.75, 3.05) is 0 Å².